The minimum atomic E-state index is -0.0317. The lowest BCUT2D eigenvalue weighted by molar-refractivity contribution is 0.0952. The lowest BCUT2D eigenvalue weighted by Crippen LogP contribution is -2.27. The van der Waals surface area contributed by atoms with Gasteiger partial charge in [0, 0.05) is 68.5 Å². The maximum Gasteiger partial charge on any atom is 0.251 e. The molecule has 6 heteroatoms. The van der Waals surface area contributed by atoms with Gasteiger partial charge in [-0.2, -0.15) is 0 Å². The maximum absolute atomic E-state index is 12.8. The monoisotopic (exact) mass is 391 g/mol. The lowest BCUT2D eigenvalue weighted by atomic mass is 10.0. The van der Waals surface area contributed by atoms with Gasteiger partial charge >= 0.3 is 0 Å². The molecule has 0 radical (unpaired) electrons. The van der Waals surface area contributed by atoms with Crippen molar-refractivity contribution in [3.63, 3.8) is 0 Å². The molecule has 0 bridgehead atoms. The second-order valence-corrected chi connectivity index (χ2v) is 8.29. The van der Waals surface area contributed by atoms with Crippen LogP contribution in [-0.2, 0) is 13.0 Å². The van der Waals surface area contributed by atoms with Crippen LogP contribution in [0.1, 0.15) is 40.0 Å². The molecule has 0 fully saturated rings. The molecule has 3 heterocycles. The minimum Gasteiger partial charge on any atom is -0.363 e. The Kier molecular flexibility index (Phi) is 5.28. The fourth-order valence-corrected chi connectivity index (χ4v) is 3.91. The molecule has 1 aliphatic heterocycles. The minimum absolute atomic E-state index is 0.0317. The highest BCUT2D eigenvalue weighted by Crippen LogP contribution is 2.28. The molecule has 1 aromatic carbocycles. The molecule has 152 valence electrons. The van der Waals surface area contributed by atoms with Crippen LogP contribution < -0.4 is 10.2 Å². The van der Waals surface area contributed by atoms with Crippen molar-refractivity contribution >= 4 is 22.6 Å². The number of amides is 1. The van der Waals surface area contributed by atoms with Gasteiger partial charge in [0.15, 0.2) is 0 Å². The zero-order valence-electron chi connectivity index (χ0n) is 17.6. The van der Waals surface area contributed by atoms with Crippen molar-refractivity contribution in [1.29, 1.82) is 0 Å². The molecule has 0 spiro atoms. The van der Waals surface area contributed by atoms with Gasteiger partial charge in [0.25, 0.3) is 5.91 Å². The summed E-state index contributed by atoms with van der Waals surface area (Å²) in [6, 6.07) is 10.0. The van der Waals surface area contributed by atoms with Gasteiger partial charge in [-0.15, -0.1) is 0 Å². The first-order valence-corrected chi connectivity index (χ1v) is 10.2. The molecule has 1 amide bonds. The Balaban J connectivity index is 1.45. The van der Waals surface area contributed by atoms with Crippen molar-refractivity contribution in [1.82, 2.24) is 20.2 Å². The van der Waals surface area contributed by atoms with Crippen molar-refractivity contribution in [3.8, 4) is 0 Å². The first-order valence-electron chi connectivity index (χ1n) is 10.2. The summed E-state index contributed by atoms with van der Waals surface area (Å²) in [6.07, 6.45) is 2.92. The van der Waals surface area contributed by atoms with Crippen LogP contribution in [0.4, 0.5) is 5.82 Å². The molecule has 0 saturated heterocycles. The molecule has 2 N–H and O–H groups in total. The zero-order valence-corrected chi connectivity index (χ0v) is 17.6. The Hall–Kier alpha value is -2.86. The number of pyridine rings is 1. The van der Waals surface area contributed by atoms with Gasteiger partial charge in [0.05, 0.1) is 0 Å². The summed E-state index contributed by atoms with van der Waals surface area (Å²) >= 11 is 0. The van der Waals surface area contributed by atoms with E-state index in [1.54, 1.807) is 0 Å². The molecule has 1 atom stereocenters. The van der Waals surface area contributed by atoms with E-state index in [1.165, 1.54) is 11.3 Å². The smallest absolute Gasteiger partial charge is 0.251 e. The number of aromatic amines is 1. The van der Waals surface area contributed by atoms with E-state index < -0.39 is 0 Å². The summed E-state index contributed by atoms with van der Waals surface area (Å²) in [6.45, 7) is 4.67. The summed E-state index contributed by atoms with van der Waals surface area (Å²) in [7, 11) is 6.09. The third kappa shape index (κ3) is 3.98. The summed E-state index contributed by atoms with van der Waals surface area (Å²) in [5, 5.41) is 4.25. The number of rotatable bonds is 5. The van der Waals surface area contributed by atoms with Crippen molar-refractivity contribution in [2.75, 3.05) is 39.1 Å². The summed E-state index contributed by atoms with van der Waals surface area (Å²) in [5.74, 6) is 1.09. The van der Waals surface area contributed by atoms with Gasteiger partial charge in [0.2, 0.25) is 0 Å². The van der Waals surface area contributed by atoms with Crippen LogP contribution in [0.5, 0.6) is 0 Å². The van der Waals surface area contributed by atoms with Crippen LogP contribution in [-0.4, -0.2) is 55.0 Å². The van der Waals surface area contributed by atoms with Crippen molar-refractivity contribution in [2.24, 2.45) is 0 Å². The van der Waals surface area contributed by atoms with Gasteiger partial charge < -0.3 is 20.1 Å². The van der Waals surface area contributed by atoms with Gasteiger partial charge in [-0.1, -0.05) is 13.0 Å². The molecule has 1 unspecified atom stereocenters. The van der Waals surface area contributed by atoms with Crippen molar-refractivity contribution in [3.05, 3.63) is 58.9 Å². The number of anilines is 1. The first kappa shape index (κ1) is 19.5. The average molecular weight is 392 g/mol. The van der Waals surface area contributed by atoms with E-state index in [1.807, 2.05) is 49.5 Å². The Morgan fingerprint density at radius 1 is 1.31 bits per heavy atom. The Bertz CT molecular complexity index is 1020. The van der Waals surface area contributed by atoms with E-state index in [4.69, 9.17) is 0 Å². The predicted octanol–water partition coefficient (Wildman–Crippen LogP) is 3.15. The molecule has 1 aliphatic rings. The fourth-order valence-electron chi connectivity index (χ4n) is 3.91. The van der Waals surface area contributed by atoms with Gasteiger partial charge in [-0.25, -0.2) is 4.98 Å². The van der Waals surface area contributed by atoms with E-state index in [9.17, 15) is 4.79 Å². The highest BCUT2D eigenvalue weighted by molar-refractivity contribution is 5.99. The van der Waals surface area contributed by atoms with Crippen LogP contribution >= 0.6 is 0 Å². The molecule has 2 aromatic heterocycles. The molecule has 29 heavy (non-hydrogen) atoms. The topological polar surface area (TPSA) is 64.3 Å². The molecular weight excluding hydrogens is 362 g/mol. The van der Waals surface area contributed by atoms with Gasteiger partial charge in [-0.05, 0) is 48.4 Å². The second-order valence-electron chi connectivity index (χ2n) is 8.29. The fraction of sp³-hybridized carbons (Fsp3) is 0.391. The number of nitrogens with one attached hydrogen (secondary N) is 2. The number of H-pyrrole nitrogens is 1. The number of carbonyl (C=O) groups is 1. The normalized spacial score (nSPS) is 15.2. The molecule has 4 rings (SSSR count). The van der Waals surface area contributed by atoms with E-state index in [-0.39, 0.29) is 11.8 Å². The summed E-state index contributed by atoms with van der Waals surface area (Å²) in [5.41, 5.74) is 5.57. The Labute approximate surface area is 171 Å². The summed E-state index contributed by atoms with van der Waals surface area (Å²) in [4.78, 5) is 25.0. The highest BCUT2D eigenvalue weighted by Gasteiger charge is 2.19. The number of carbonyl (C=O) groups excluding carboxylic acids is 1. The van der Waals surface area contributed by atoms with E-state index in [0.29, 0.717) is 12.1 Å². The SMILES string of the molecule is CC(CNC(=O)c1ccc2[nH]c3c(c2c1)CN(C)CC3)c1ccc(N(C)C)nc1. The third-order valence-electron chi connectivity index (χ3n) is 5.80. The quantitative estimate of drug-likeness (QED) is 0.701. The van der Waals surface area contributed by atoms with Gasteiger partial charge in [-0.3, -0.25) is 4.79 Å². The number of hydrogen-bond acceptors (Lipinski definition) is 4. The number of likely N-dealkylation sites (N-methyl/N-ethyl adjacent to an activating group) is 1. The predicted molar refractivity (Wildman–Crippen MR) is 118 cm³/mol. The van der Waals surface area contributed by atoms with Crippen LogP contribution in [0, 0.1) is 0 Å². The molecule has 3 aromatic rings. The molecule has 6 nitrogen and oxygen atoms in total. The standard InChI is InChI=1S/C23H29N5O/c1-15(17-6-8-22(24-13-17)27(2)3)12-25-23(29)16-5-7-20-18(11-16)19-14-28(4)10-9-21(19)26-20/h5-8,11,13,15,26H,9-10,12,14H2,1-4H3,(H,25,29). The Morgan fingerprint density at radius 2 is 2.14 bits per heavy atom. The highest BCUT2D eigenvalue weighted by atomic mass is 16.1. The average Bonchev–Trinajstić information content (AvgIpc) is 3.08. The maximum atomic E-state index is 12.8. The number of fused-ring (bicyclic) bond motifs is 3. The largest absolute Gasteiger partial charge is 0.363 e. The van der Waals surface area contributed by atoms with E-state index >= 15 is 0 Å². The number of hydrogen-bond donors (Lipinski definition) is 2. The number of benzene rings is 1. The number of nitrogens with zero attached hydrogens (tertiary/aromatic N) is 3. The molecule has 0 aliphatic carbocycles. The zero-order chi connectivity index (χ0) is 20.5. The van der Waals surface area contributed by atoms with Crippen molar-refractivity contribution in [2.45, 2.75) is 25.8 Å². The van der Waals surface area contributed by atoms with E-state index in [2.05, 4.69) is 40.2 Å². The third-order valence-corrected chi connectivity index (χ3v) is 5.80. The molecular formula is C23H29N5O. The first-order chi connectivity index (χ1) is 13.9. The molecule has 0 saturated carbocycles. The second kappa shape index (κ2) is 7.87. The summed E-state index contributed by atoms with van der Waals surface area (Å²) < 4.78 is 0. The van der Waals surface area contributed by atoms with Gasteiger partial charge in [0.1, 0.15) is 5.82 Å². The van der Waals surface area contributed by atoms with Crippen LogP contribution in [0.2, 0.25) is 0 Å². The van der Waals surface area contributed by atoms with Crippen LogP contribution in [0.25, 0.3) is 10.9 Å². The van der Waals surface area contributed by atoms with Crippen molar-refractivity contribution < 1.29 is 4.79 Å². The number of aromatic nitrogens is 2. The van der Waals surface area contributed by atoms with Crippen LogP contribution in [0.3, 0.4) is 0 Å². The lowest BCUT2D eigenvalue weighted by Gasteiger charge is -2.22. The van der Waals surface area contributed by atoms with Crippen LogP contribution in [0.15, 0.2) is 36.5 Å². The van der Waals surface area contributed by atoms with E-state index in [0.717, 1.165) is 41.8 Å². The Morgan fingerprint density at radius 3 is 2.86 bits per heavy atom.